The van der Waals surface area contributed by atoms with Crippen molar-refractivity contribution in [2.75, 3.05) is 27.3 Å². The Labute approximate surface area is 212 Å². The van der Waals surface area contributed by atoms with Gasteiger partial charge in [-0.05, 0) is 68.2 Å². The molecule has 2 aromatic rings. The number of carbonyl (C=O) groups is 2. The number of piperidine rings is 1. The van der Waals surface area contributed by atoms with Gasteiger partial charge in [0.15, 0.2) is 0 Å². The summed E-state index contributed by atoms with van der Waals surface area (Å²) < 4.78 is 59.2. The molecule has 2 aromatic carbocycles. The molecule has 2 atom stereocenters. The fourth-order valence-corrected chi connectivity index (χ4v) is 4.74. The van der Waals surface area contributed by atoms with E-state index in [2.05, 4.69) is 21.0 Å². The third-order valence-electron chi connectivity index (χ3n) is 6.63. The van der Waals surface area contributed by atoms with E-state index in [4.69, 9.17) is 14.2 Å². The van der Waals surface area contributed by atoms with Crippen molar-refractivity contribution in [2.24, 2.45) is 0 Å². The van der Waals surface area contributed by atoms with Crippen LogP contribution in [0, 0.1) is 6.92 Å². The molecule has 37 heavy (non-hydrogen) atoms. The van der Waals surface area contributed by atoms with Crippen LogP contribution < -0.4 is 19.5 Å². The highest BCUT2D eigenvalue weighted by molar-refractivity contribution is 5.85. The van der Waals surface area contributed by atoms with Crippen LogP contribution in [0.3, 0.4) is 0 Å². The summed E-state index contributed by atoms with van der Waals surface area (Å²) in [5.74, 6) is -2.09. The highest BCUT2D eigenvalue weighted by Crippen LogP contribution is 2.38. The lowest BCUT2D eigenvalue weighted by molar-refractivity contribution is -0.209. The average Bonchev–Trinajstić information content (AvgIpc) is 2.86. The molecule has 1 fully saturated rings. The van der Waals surface area contributed by atoms with E-state index in [1.165, 1.54) is 13.2 Å². The van der Waals surface area contributed by atoms with Crippen molar-refractivity contribution in [3.8, 4) is 17.2 Å². The lowest BCUT2D eigenvalue weighted by Crippen LogP contribution is -2.51. The first-order chi connectivity index (χ1) is 17.6. The Morgan fingerprint density at radius 3 is 2.46 bits per heavy atom. The number of esters is 2. The van der Waals surface area contributed by atoms with E-state index in [-0.39, 0.29) is 11.8 Å². The van der Waals surface area contributed by atoms with Gasteiger partial charge in [-0.3, -0.25) is 4.90 Å². The number of halogens is 3. The summed E-state index contributed by atoms with van der Waals surface area (Å²) in [6, 6.07) is 9.53. The number of methoxy groups -OCH3 is 2. The zero-order valence-electron chi connectivity index (χ0n) is 20.8. The van der Waals surface area contributed by atoms with Gasteiger partial charge in [-0.2, -0.15) is 13.2 Å². The number of benzene rings is 2. The summed E-state index contributed by atoms with van der Waals surface area (Å²) in [5.41, 5.74) is 2.59. The van der Waals surface area contributed by atoms with Gasteiger partial charge in [-0.15, -0.1) is 0 Å². The summed E-state index contributed by atoms with van der Waals surface area (Å²) in [6.07, 6.45) is -5.68. The van der Waals surface area contributed by atoms with Crippen LogP contribution >= 0.6 is 0 Å². The summed E-state index contributed by atoms with van der Waals surface area (Å²) in [5, 5.41) is 3.27. The molecule has 1 saturated heterocycles. The fourth-order valence-electron chi connectivity index (χ4n) is 4.74. The van der Waals surface area contributed by atoms with E-state index < -0.39 is 30.3 Å². The predicted molar refractivity (Wildman–Crippen MR) is 126 cm³/mol. The molecule has 0 radical (unpaired) electrons. The molecule has 0 saturated carbocycles. The number of nitrogens with one attached hydrogen (secondary N) is 1. The molecule has 2 heterocycles. The smallest absolute Gasteiger partial charge is 0.490 e. The maximum Gasteiger partial charge on any atom is 0.490 e. The van der Waals surface area contributed by atoms with E-state index in [1.807, 2.05) is 19.1 Å². The zero-order valence-corrected chi connectivity index (χ0v) is 20.8. The van der Waals surface area contributed by atoms with Crippen LogP contribution in [0.5, 0.6) is 17.2 Å². The van der Waals surface area contributed by atoms with E-state index in [9.17, 15) is 22.8 Å². The topological polar surface area (TPSA) is 86.3 Å². The summed E-state index contributed by atoms with van der Waals surface area (Å²) in [7, 11) is 3.08. The molecule has 11 heteroatoms. The van der Waals surface area contributed by atoms with E-state index in [0.717, 1.165) is 36.5 Å². The molecule has 8 nitrogen and oxygen atoms in total. The first-order valence-corrected chi connectivity index (χ1v) is 11.9. The Hall–Kier alpha value is -3.31. The van der Waals surface area contributed by atoms with Gasteiger partial charge < -0.3 is 24.3 Å². The second kappa shape index (κ2) is 11.0. The average molecular weight is 523 g/mol. The van der Waals surface area contributed by atoms with Crippen LogP contribution in [0.2, 0.25) is 0 Å². The first kappa shape index (κ1) is 26.7. The van der Waals surface area contributed by atoms with Gasteiger partial charge in [0, 0.05) is 18.2 Å². The molecule has 0 aliphatic carbocycles. The Morgan fingerprint density at radius 2 is 1.84 bits per heavy atom. The van der Waals surface area contributed by atoms with Crippen molar-refractivity contribution in [1.29, 1.82) is 0 Å². The SMILES string of the molecule is COc1ccc2c(c1)C(NC1CCN(Cc3ccc(OC)c(C)c3)CC1)C(OC(=O)C(F)(F)F)C(=O)O2. The summed E-state index contributed by atoms with van der Waals surface area (Å²) >= 11 is 0. The highest BCUT2D eigenvalue weighted by Gasteiger charge is 2.48. The minimum atomic E-state index is -5.25. The number of hydrogen-bond donors (Lipinski definition) is 1. The Bertz CT molecular complexity index is 1150. The number of fused-ring (bicyclic) bond motifs is 1. The Balaban J connectivity index is 1.48. The normalized spacial score (nSPS) is 20.6. The first-order valence-electron chi connectivity index (χ1n) is 11.9. The molecule has 0 amide bonds. The number of carbonyl (C=O) groups excluding carboxylic acids is 2. The van der Waals surface area contributed by atoms with E-state index in [1.54, 1.807) is 19.2 Å². The van der Waals surface area contributed by atoms with Crippen LogP contribution in [0.15, 0.2) is 36.4 Å². The molecule has 0 bridgehead atoms. The summed E-state index contributed by atoms with van der Waals surface area (Å²) in [6.45, 7) is 4.21. The molecule has 2 aliphatic heterocycles. The lowest BCUT2D eigenvalue weighted by atomic mass is 9.94. The van der Waals surface area contributed by atoms with Gasteiger partial charge >= 0.3 is 18.1 Å². The maximum absolute atomic E-state index is 12.9. The van der Waals surface area contributed by atoms with Crippen LogP contribution in [-0.4, -0.2) is 62.5 Å². The van der Waals surface area contributed by atoms with Crippen molar-refractivity contribution >= 4 is 11.9 Å². The van der Waals surface area contributed by atoms with Gasteiger partial charge in [-0.1, -0.05) is 12.1 Å². The number of ether oxygens (including phenoxy) is 4. The van der Waals surface area contributed by atoms with E-state index >= 15 is 0 Å². The van der Waals surface area contributed by atoms with Crippen LogP contribution in [-0.2, 0) is 20.9 Å². The highest BCUT2D eigenvalue weighted by atomic mass is 19.4. The Kier molecular flexibility index (Phi) is 7.93. The number of likely N-dealkylation sites (tertiary alicyclic amines) is 1. The number of hydrogen-bond acceptors (Lipinski definition) is 8. The molecule has 2 aliphatic rings. The molecule has 2 unspecified atom stereocenters. The fraction of sp³-hybridized carbons (Fsp3) is 0.462. The van der Waals surface area contributed by atoms with Crippen LogP contribution in [0.25, 0.3) is 0 Å². The number of aryl methyl sites for hydroxylation is 1. The quantitative estimate of drug-likeness (QED) is 0.435. The minimum Gasteiger partial charge on any atom is -0.497 e. The van der Waals surface area contributed by atoms with Crippen LogP contribution in [0.4, 0.5) is 13.2 Å². The number of rotatable bonds is 7. The Morgan fingerprint density at radius 1 is 1.11 bits per heavy atom. The lowest BCUT2D eigenvalue weighted by Gasteiger charge is -2.38. The van der Waals surface area contributed by atoms with Crippen LogP contribution in [0.1, 0.15) is 35.6 Å². The molecular weight excluding hydrogens is 493 g/mol. The molecule has 0 aromatic heterocycles. The zero-order chi connectivity index (χ0) is 26.7. The minimum absolute atomic E-state index is 0.129. The standard InChI is InChI=1S/C26H29F3N2O6/c1-15-12-16(4-6-20(15)35-3)14-31-10-8-17(9-11-31)30-22-19-13-18(34-2)5-7-21(19)36-24(32)23(22)37-25(33)26(27,28)29/h4-7,12-13,17,22-23,30H,8-11,14H2,1-3H3. The maximum atomic E-state index is 12.9. The van der Waals surface area contributed by atoms with Gasteiger partial charge in [-0.25, -0.2) is 9.59 Å². The monoisotopic (exact) mass is 522 g/mol. The van der Waals surface area contributed by atoms with Gasteiger partial charge in [0.2, 0.25) is 6.10 Å². The van der Waals surface area contributed by atoms with Gasteiger partial charge in [0.05, 0.1) is 20.3 Å². The van der Waals surface area contributed by atoms with Crippen molar-refractivity contribution in [3.05, 3.63) is 53.1 Å². The molecule has 4 rings (SSSR count). The van der Waals surface area contributed by atoms with E-state index in [0.29, 0.717) is 24.2 Å². The summed E-state index contributed by atoms with van der Waals surface area (Å²) in [4.78, 5) is 26.5. The molecule has 1 N–H and O–H groups in total. The van der Waals surface area contributed by atoms with Gasteiger partial charge in [0.1, 0.15) is 17.2 Å². The van der Waals surface area contributed by atoms with Crippen molar-refractivity contribution in [1.82, 2.24) is 10.2 Å². The second-order valence-corrected chi connectivity index (χ2v) is 9.15. The van der Waals surface area contributed by atoms with Crippen molar-refractivity contribution in [3.63, 3.8) is 0 Å². The molecule has 0 spiro atoms. The molecule has 200 valence electrons. The molecular formula is C26H29F3N2O6. The predicted octanol–water partition coefficient (Wildman–Crippen LogP) is 3.70. The second-order valence-electron chi connectivity index (χ2n) is 9.15. The van der Waals surface area contributed by atoms with Gasteiger partial charge in [0.25, 0.3) is 0 Å². The number of nitrogens with zero attached hydrogens (tertiary/aromatic N) is 1. The third-order valence-corrected chi connectivity index (χ3v) is 6.63. The third kappa shape index (κ3) is 6.16. The van der Waals surface area contributed by atoms with Crippen molar-refractivity contribution in [2.45, 2.75) is 50.7 Å². The van der Waals surface area contributed by atoms with Crippen molar-refractivity contribution < 1.29 is 41.7 Å². The number of alkyl halides is 3. The largest absolute Gasteiger partial charge is 0.497 e.